The molecular formula is C16H26N2O3. The van der Waals surface area contributed by atoms with Crippen LogP contribution in [0.2, 0.25) is 0 Å². The maximum Gasteiger partial charge on any atom is 0.239 e. The van der Waals surface area contributed by atoms with Crippen LogP contribution >= 0.6 is 0 Å². The molecule has 1 aromatic carbocycles. The molecule has 0 saturated carbocycles. The van der Waals surface area contributed by atoms with Gasteiger partial charge >= 0.3 is 0 Å². The number of hydrogen-bond acceptors (Lipinski definition) is 4. The van der Waals surface area contributed by atoms with Gasteiger partial charge in [0, 0.05) is 19.2 Å². The molecule has 0 aliphatic heterocycles. The summed E-state index contributed by atoms with van der Waals surface area (Å²) in [7, 11) is 1.52. The minimum Gasteiger partial charge on any atom is -0.490 e. The van der Waals surface area contributed by atoms with E-state index >= 15 is 0 Å². The maximum absolute atomic E-state index is 11.8. The van der Waals surface area contributed by atoms with Gasteiger partial charge in [0.05, 0.1) is 12.7 Å². The van der Waals surface area contributed by atoms with Crippen LogP contribution in [0, 0.1) is 6.92 Å². The minimum absolute atomic E-state index is 0.136. The Balaban J connectivity index is 2.71. The molecule has 5 heteroatoms. The summed E-state index contributed by atoms with van der Waals surface area (Å²) in [6.45, 7) is 6.71. The van der Waals surface area contributed by atoms with Crippen LogP contribution < -0.4 is 15.8 Å². The quantitative estimate of drug-likeness (QED) is 0.766. The third kappa shape index (κ3) is 5.73. The Morgan fingerprint density at radius 2 is 2.14 bits per heavy atom. The predicted molar refractivity (Wildman–Crippen MR) is 83.3 cm³/mol. The van der Waals surface area contributed by atoms with E-state index in [-0.39, 0.29) is 18.6 Å². The van der Waals surface area contributed by atoms with E-state index in [1.165, 1.54) is 7.11 Å². The van der Waals surface area contributed by atoms with Crippen molar-refractivity contribution in [3.8, 4) is 5.75 Å². The summed E-state index contributed by atoms with van der Waals surface area (Å²) < 4.78 is 10.8. The molecule has 3 N–H and O–H groups in total. The molecule has 0 radical (unpaired) electrons. The van der Waals surface area contributed by atoms with Gasteiger partial charge in [-0.2, -0.15) is 0 Å². The summed E-state index contributed by atoms with van der Waals surface area (Å²) in [5, 5.41) is 2.81. The van der Waals surface area contributed by atoms with Gasteiger partial charge in [-0.15, -0.1) is 0 Å². The van der Waals surface area contributed by atoms with Crippen LogP contribution in [0.3, 0.4) is 0 Å². The van der Waals surface area contributed by atoms with Crippen LogP contribution in [0.1, 0.15) is 31.4 Å². The first-order valence-corrected chi connectivity index (χ1v) is 7.26. The third-order valence-electron chi connectivity index (χ3n) is 3.26. The maximum atomic E-state index is 11.8. The van der Waals surface area contributed by atoms with E-state index in [0.29, 0.717) is 6.54 Å². The molecule has 2 unspecified atom stereocenters. The lowest BCUT2D eigenvalue weighted by Crippen LogP contribution is -2.43. The lowest BCUT2D eigenvalue weighted by Gasteiger charge is -2.18. The number of nitrogens with two attached hydrogens (primary N) is 1. The molecule has 5 nitrogen and oxygen atoms in total. The molecular weight excluding hydrogens is 268 g/mol. The number of ether oxygens (including phenoxy) is 2. The molecule has 0 spiro atoms. The smallest absolute Gasteiger partial charge is 0.239 e. The van der Waals surface area contributed by atoms with Crippen LogP contribution in [-0.2, 0) is 16.1 Å². The Kier molecular flexibility index (Phi) is 7.19. The molecule has 2 atom stereocenters. The Bertz CT molecular complexity index is 463. The number of nitrogens with one attached hydrogen (secondary N) is 1. The van der Waals surface area contributed by atoms with Crippen molar-refractivity contribution in [2.45, 2.75) is 45.9 Å². The summed E-state index contributed by atoms with van der Waals surface area (Å²) in [6.07, 6.45) is 1.07. The Hall–Kier alpha value is -1.59. The number of amides is 1. The molecule has 0 saturated heterocycles. The number of benzene rings is 1. The fourth-order valence-electron chi connectivity index (χ4n) is 1.79. The number of aryl methyl sites for hydroxylation is 1. The van der Waals surface area contributed by atoms with E-state index in [4.69, 9.17) is 15.2 Å². The first-order chi connectivity index (χ1) is 9.97. The van der Waals surface area contributed by atoms with Crippen LogP contribution in [0.4, 0.5) is 0 Å². The van der Waals surface area contributed by atoms with Crippen molar-refractivity contribution < 1.29 is 14.3 Å². The fraction of sp³-hybridized carbons (Fsp3) is 0.562. The van der Waals surface area contributed by atoms with Gasteiger partial charge in [0.1, 0.15) is 11.8 Å². The van der Waals surface area contributed by atoms with E-state index in [9.17, 15) is 4.79 Å². The summed E-state index contributed by atoms with van der Waals surface area (Å²) in [5.41, 5.74) is 7.76. The van der Waals surface area contributed by atoms with Crippen molar-refractivity contribution in [3.05, 3.63) is 29.3 Å². The predicted octanol–water partition coefficient (Wildman–Crippen LogP) is 1.76. The van der Waals surface area contributed by atoms with E-state index in [2.05, 4.69) is 12.2 Å². The van der Waals surface area contributed by atoms with Crippen LogP contribution in [0.25, 0.3) is 0 Å². The molecule has 1 amide bonds. The van der Waals surface area contributed by atoms with Crippen molar-refractivity contribution in [1.29, 1.82) is 0 Å². The van der Waals surface area contributed by atoms with E-state index in [1.54, 1.807) is 0 Å². The highest BCUT2D eigenvalue weighted by Gasteiger charge is 2.14. The van der Waals surface area contributed by atoms with Gasteiger partial charge in [-0.05, 0) is 31.9 Å². The van der Waals surface area contributed by atoms with Crippen molar-refractivity contribution >= 4 is 5.91 Å². The number of rotatable bonds is 8. The van der Waals surface area contributed by atoms with Crippen LogP contribution in [0.15, 0.2) is 18.2 Å². The molecule has 0 aliphatic carbocycles. The zero-order valence-corrected chi connectivity index (χ0v) is 13.3. The van der Waals surface area contributed by atoms with Gasteiger partial charge in [-0.3, -0.25) is 4.79 Å². The molecule has 0 bridgehead atoms. The van der Waals surface area contributed by atoms with Gasteiger partial charge in [-0.25, -0.2) is 0 Å². The van der Waals surface area contributed by atoms with Crippen molar-refractivity contribution in [2.24, 2.45) is 5.73 Å². The van der Waals surface area contributed by atoms with E-state index in [0.717, 1.165) is 23.3 Å². The first kappa shape index (κ1) is 17.5. The van der Waals surface area contributed by atoms with Gasteiger partial charge < -0.3 is 20.5 Å². The molecule has 0 aliphatic rings. The average Bonchev–Trinajstić information content (AvgIpc) is 2.46. The molecule has 21 heavy (non-hydrogen) atoms. The van der Waals surface area contributed by atoms with Gasteiger partial charge in [-0.1, -0.05) is 19.1 Å². The zero-order valence-electron chi connectivity index (χ0n) is 13.3. The molecule has 1 rings (SSSR count). The van der Waals surface area contributed by atoms with Gasteiger partial charge in [0.25, 0.3) is 0 Å². The SMILES string of the molecule is CCC(C)Oc1cc(C)ccc1CNC(=O)C(N)COC. The van der Waals surface area contributed by atoms with Crippen LogP contribution in [0.5, 0.6) is 5.75 Å². The summed E-state index contributed by atoms with van der Waals surface area (Å²) in [6, 6.07) is 5.30. The average molecular weight is 294 g/mol. The van der Waals surface area contributed by atoms with E-state index in [1.807, 2.05) is 32.0 Å². The van der Waals surface area contributed by atoms with Crippen molar-refractivity contribution in [1.82, 2.24) is 5.32 Å². The molecule has 0 aromatic heterocycles. The third-order valence-corrected chi connectivity index (χ3v) is 3.26. The molecule has 1 aromatic rings. The summed E-state index contributed by atoms with van der Waals surface area (Å²) in [4.78, 5) is 11.8. The zero-order chi connectivity index (χ0) is 15.8. The highest BCUT2D eigenvalue weighted by Crippen LogP contribution is 2.22. The summed E-state index contributed by atoms with van der Waals surface area (Å²) in [5.74, 6) is 0.580. The summed E-state index contributed by atoms with van der Waals surface area (Å²) >= 11 is 0. The normalized spacial score (nSPS) is 13.6. The first-order valence-electron chi connectivity index (χ1n) is 7.26. The van der Waals surface area contributed by atoms with Crippen LogP contribution in [-0.4, -0.2) is 31.8 Å². The second-order valence-corrected chi connectivity index (χ2v) is 5.23. The monoisotopic (exact) mass is 294 g/mol. The van der Waals surface area contributed by atoms with Gasteiger partial charge in [0.2, 0.25) is 5.91 Å². The second kappa shape index (κ2) is 8.64. The Labute approximate surface area is 126 Å². The standard InChI is InChI=1S/C16H26N2O3/c1-5-12(3)21-15-8-11(2)6-7-13(15)9-18-16(19)14(17)10-20-4/h6-8,12,14H,5,9-10,17H2,1-4H3,(H,18,19). The largest absolute Gasteiger partial charge is 0.490 e. The van der Waals surface area contributed by atoms with Crippen molar-refractivity contribution in [2.75, 3.05) is 13.7 Å². The molecule has 0 fully saturated rings. The number of carbonyl (C=O) groups excluding carboxylic acids is 1. The van der Waals surface area contributed by atoms with Gasteiger partial charge in [0.15, 0.2) is 0 Å². The lowest BCUT2D eigenvalue weighted by atomic mass is 10.1. The number of hydrogen-bond donors (Lipinski definition) is 2. The number of methoxy groups -OCH3 is 1. The molecule has 0 heterocycles. The minimum atomic E-state index is -0.653. The van der Waals surface area contributed by atoms with Crippen molar-refractivity contribution in [3.63, 3.8) is 0 Å². The molecule has 118 valence electrons. The highest BCUT2D eigenvalue weighted by molar-refractivity contribution is 5.81. The highest BCUT2D eigenvalue weighted by atomic mass is 16.5. The topological polar surface area (TPSA) is 73.6 Å². The van der Waals surface area contributed by atoms with E-state index < -0.39 is 6.04 Å². The Morgan fingerprint density at radius 1 is 1.43 bits per heavy atom. The Morgan fingerprint density at radius 3 is 2.76 bits per heavy atom. The second-order valence-electron chi connectivity index (χ2n) is 5.23. The number of carbonyl (C=O) groups is 1. The fourth-order valence-corrected chi connectivity index (χ4v) is 1.79. The lowest BCUT2D eigenvalue weighted by molar-refractivity contribution is -0.123.